The van der Waals surface area contributed by atoms with Gasteiger partial charge < -0.3 is 4.74 Å². The van der Waals surface area contributed by atoms with Crippen molar-refractivity contribution in [1.29, 1.82) is 0 Å². The van der Waals surface area contributed by atoms with Crippen molar-refractivity contribution in [2.75, 3.05) is 20.2 Å². The second kappa shape index (κ2) is 11.2. The molecule has 0 atom stereocenters. The maximum Gasteiger partial charge on any atom is 0.338 e. The lowest BCUT2D eigenvalue weighted by atomic mass is 9.75. The number of ether oxygens (including phenoxy) is 1. The summed E-state index contributed by atoms with van der Waals surface area (Å²) in [7, 11) is 1.89. The van der Waals surface area contributed by atoms with Gasteiger partial charge in [0.2, 0.25) is 0 Å². The minimum absolute atomic E-state index is 0.0606. The number of esters is 1. The third-order valence-electron chi connectivity index (χ3n) is 6.18. The highest BCUT2D eigenvalue weighted by atomic mass is 35.5. The molecular formula is C29H25ClN2O4. The number of carbonyl (C=O) groups is 1. The lowest BCUT2D eigenvalue weighted by Crippen LogP contribution is -2.47. The lowest BCUT2D eigenvalue weighted by Gasteiger charge is -2.44. The van der Waals surface area contributed by atoms with E-state index in [2.05, 4.69) is 0 Å². The van der Waals surface area contributed by atoms with Gasteiger partial charge in [0.25, 0.3) is 5.69 Å². The number of rotatable bonds is 9. The molecule has 4 aromatic carbocycles. The van der Waals surface area contributed by atoms with Gasteiger partial charge in [-0.1, -0.05) is 90.5 Å². The normalized spacial score (nSPS) is 11.3. The number of hydrogen-bond acceptors (Lipinski definition) is 5. The van der Waals surface area contributed by atoms with Crippen LogP contribution in [-0.4, -0.2) is 36.0 Å². The maximum absolute atomic E-state index is 12.5. The van der Waals surface area contributed by atoms with Crippen LogP contribution in [0.25, 0.3) is 0 Å². The lowest BCUT2D eigenvalue weighted by molar-refractivity contribution is -0.385. The molecule has 0 aromatic heterocycles. The number of nitro benzene ring substituents is 1. The quantitative estimate of drug-likeness (QED) is 0.116. The molecule has 182 valence electrons. The number of likely N-dealkylation sites (N-methyl/N-ethyl adjacent to an activating group) is 1. The van der Waals surface area contributed by atoms with Crippen molar-refractivity contribution < 1.29 is 14.5 Å². The first-order valence-corrected chi connectivity index (χ1v) is 11.8. The molecule has 0 unspecified atom stereocenters. The monoisotopic (exact) mass is 500 g/mol. The van der Waals surface area contributed by atoms with Gasteiger partial charge in [0.15, 0.2) is 0 Å². The topological polar surface area (TPSA) is 72.7 Å². The van der Waals surface area contributed by atoms with E-state index in [1.54, 1.807) is 30.3 Å². The fourth-order valence-electron chi connectivity index (χ4n) is 4.49. The Balaban J connectivity index is 1.81. The number of halogens is 1. The third kappa shape index (κ3) is 5.00. The van der Waals surface area contributed by atoms with Crippen LogP contribution in [0.1, 0.15) is 27.0 Å². The van der Waals surface area contributed by atoms with Crippen LogP contribution in [0.4, 0.5) is 5.69 Å². The standard InChI is InChI=1S/C29H25ClN2O4/c1-31(19-20-36-28(33)22-11-5-2-6-12-22)29(23-13-7-3-8-14-23,24-15-9-4-10-16-24)26-21-25(32(34)35)17-18-27(26)30/h2-18,21H,19-20H2,1H3. The van der Waals surface area contributed by atoms with Crippen molar-refractivity contribution >= 4 is 23.3 Å². The first-order chi connectivity index (χ1) is 17.4. The summed E-state index contributed by atoms with van der Waals surface area (Å²) in [6.07, 6.45) is 0. The second-order valence-corrected chi connectivity index (χ2v) is 8.69. The predicted molar refractivity (Wildman–Crippen MR) is 140 cm³/mol. The average molecular weight is 501 g/mol. The summed E-state index contributed by atoms with van der Waals surface area (Å²) in [6, 6.07) is 32.6. The van der Waals surface area contributed by atoms with Crippen molar-refractivity contribution in [3.8, 4) is 0 Å². The van der Waals surface area contributed by atoms with E-state index in [0.717, 1.165) is 11.1 Å². The zero-order valence-corrected chi connectivity index (χ0v) is 20.5. The van der Waals surface area contributed by atoms with E-state index in [0.29, 0.717) is 22.7 Å². The molecule has 0 bridgehead atoms. The van der Waals surface area contributed by atoms with Crippen LogP contribution < -0.4 is 0 Å². The fraction of sp³-hybridized carbons (Fsp3) is 0.138. The molecule has 0 aliphatic carbocycles. The molecule has 0 fully saturated rings. The van der Waals surface area contributed by atoms with Crippen LogP contribution in [0, 0.1) is 10.1 Å². The molecule has 4 aromatic rings. The Morgan fingerprint density at radius 3 is 1.94 bits per heavy atom. The summed E-state index contributed by atoms with van der Waals surface area (Å²) in [6.45, 7) is 0.444. The SMILES string of the molecule is CN(CCOC(=O)c1ccccc1)C(c1ccccc1)(c1ccccc1)c1cc([N+](=O)[O-])ccc1Cl. The van der Waals surface area contributed by atoms with Gasteiger partial charge in [0.1, 0.15) is 6.61 Å². The summed E-state index contributed by atoms with van der Waals surface area (Å²) >= 11 is 6.76. The summed E-state index contributed by atoms with van der Waals surface area (Å²) in [5, 5.41) is 12.1. The second-order valence-electron chi connectivity index (χ2n) is 8.29. The number of benzene rings is 4. The Labute approximate surface area is 214 Å². The molecule has 0 saturated heterocycles. The molecular weight excluding hydrogens is 476 g/mol. The number of non-ortho nitro benzene ring substituents is 1. The van der Waals surface area contributed by atoms with E-state index in [1.165, 1.54) is 12.1 Å². The van der Waals surface area contributed by atoms with Crippen LogP contribution in [0.15, 0.2) is 109 Å². The minimum atomic E-state index is -0.995. The first kappa shape index (κ1) is 25.1. The molecule has 7 heteroatoms. The van der Waals surface area contributed by atoms with Crippen LogP contribution in [0.5, 0.6) is 0 Å². The Kier molecular flexibility index (Phi) is 7.78. The van der Waals surface area contributed by atoms with Gasteiger partial charge in [0, 0.05) is 29.3 Å². The number of hydrogen-bond donors (Lipinski definition) is 0. The van der Waals surface area contributed by atoms with Crippen molar-refractivity contribution in [1.82, 2.24) is 4.90 Å². The highest BCUT2D eigenvalue weighted by molar-refractivity contribution is 6.31. The molecule has 0 heterocycles. The molecule has 0 aliphatic heterocycles. The van der Waals surface area contributed by atoms with E-state index >= 15 is 0 Å². The van der Waals surface area contributed by atoms with Crippen LogP contribution >= 0.6 is 11.6 Å². The zero-order chi connectivity index (χ0) is 25.5. The van der Waals surface area contributed by atoms with Crippen molar-refractivity contribution in [2.45, 2.75) is 5.54 Å². The number of nitro groups is 1. The fourth-order valence-corrected chi connectivity index (χ4v) is 4.74. The molecule has 0 spiro atoms. The Hall–Kier alpha value is -4.00. The van der Waals surface area contributed by atoms with E-state index in [1.807, 2.05) is 78.7 Å². The van der Waals surface area contributed by atoms with Gasteiger partial charge in [-0.2, -0.15) is 0 Å². The smallest absolute Gasteiger partial charge is 0.338 e. The molecule has 6 nitrogen and oxygen atoms in total. The van der Waals surface area contributed by atoms with Crippen molar-refractivity contribution in [2.24, 2.45) is 0 Å². The van der Waals surface area contributed by atoms with Crippen LogP contribution in [0.3, 0.4) is 0 Å². The highest BCUT2D eigenvalue weighted by Crippen LogP contribution is 2.45. The Morgan fingerprint density at radius 1 is 0.889 bits per heavy atom. The van der Waals surface area contributed by atoms with Gasteiger partial charge in [-0.15, -0.1) is 0 Å². The summed E-state index contributed by atoms with van der Waals surface area (Å²) in [5.41, 5.74) is 1.72. The van der Waals surface area contributed by atoms with Crippen molar-refractivity contribution in [3.05, 3.63) is 147 Å². The highest BCUT2D eigenvalue weighted by Gasteiger charge is 2.42. The predicted octanol–water partition coefficient (Wildman–Crippen LogP) is 6.33. The Bertz CT molecular complexity index is 1290. The van der Waals surface area contributed by atoms with Gasteiger partial charge in [-0.05, 0) is 36.4 Å². The zero-order valence-electron chi connectivity index (χ0n) is 19.7. The molecule has 0 radical (unpaired) electrons. The molecule has 36 heavy (non-hydrogen) atoms. The molecule has 0 aliphatic rings. The summed E-state index contributed by atoms with van der Waals surface area (Å²) in [5.74, 6) is -0.414. The molecule has 4 rings (SSSR count). The van der Waals surface area contributed by atoms with E-state index in [-0.39, 0.29) is 12.3 Å². The largest absolute Gasteiger partial charge is 0.461 e. The van der Waals surface area contributed by atoms with E-state index < -0.39 is 16.4 Å². The summed E-state index contributed by atoms with van der Waals surface area (Å²) in [4.78, 5) is 25.8. The van der Waals surface area contributed by atoms with E-state index in [4.69, 9.17) is 16.3 Å². The molecule has 0 amide bonds. The van der Waals surface area contributed by atoms with Gasteiger partial charge >= 0.3 is 5.97 Å². The first-order valence-electron chi connectivity index (χ1n) is 11.4. The number of nitrogens with zero attached hydrogens (tertiary/aromatic N) is 2. The van der Waals surface area contributed by atoms with Gasteiger partial charge in [-0.25, -0.2) is 4.79 Å². The van der Waals surface area contributed by atoms with Crippen LogP contribution in [-0.2, 0) is 10.3 Å². The average Bonchev–Trinajstić information content (AvgIpc) is 2.91. The molecule has 0 N–H and O–H groups in total. The van der Waals surface area contributed by atoms with Gasteiger partial charge in [-0.3, -0.25) is 15.0 Å². The number of carbonyl (C=O) groups excluding carboxylic acids is 1. The maximum atomic E-state index is 12.5. The molecule has 0 saturated carbocycles. The van der Waals surface area contributed by atoms with Gasteiger partial charge in [0.05, 0.1) is 16.0 Å². The van der Waals surface area contributed by atoms with E-state index in [9.17, 15) is 14.9 Å². The third-order valence-corrected chi connectivity index (χ3v) is 6.51. The Morgan fingerprint density at radius 2 is 1.42 bits per heavy atom. The van der Waals surface area contributed by atoms with Crippen LogP contribution in [0.2, 0.25) is 5.02 Å². The summed E-state index contributed by atoms with van der Waals surface area (Å²) < 4.78 is 5.57. The minimum Gasteiger partial charge on any atom is -0.461 e. The van der Waals surface area contributed by atoms with Crippen molar-refractivity contribution in [3.63, 3.8) is 0 Å².